The summed E-state index contributed by atoms with van der Waals surface area (Å²) in [6.45, 7) is 5.46. The summed E-state index contributed by atoms with van der Waals surface area (Å²) in [7, 11) is 0. The summed E-state index contributed by atoms with van der Waals surface area (Å²) in [4.78, 5) is 5.78. The molecule has 0 spiro atoms. The van der Waals surface area contributed by atoms with E-state index in [1.165, 1.54) is 10.9 Å². The number of anilines is 1. The molecule has 4 nitrogen and oxygen atoms in total. The molecule has 0 bridgehead atoms. The van der Waals surface area contributed by atoms with Crippen LogP contribution in [-0.4, -0.2) is 36.1 Å². The number of fused-ring (bicyclic) bond motifs is 1. The highest BCUT2D eigenvalue weighted by molar-refractivity contribution is 5.85. The molecule has 0 unspecified atom stereocenters. The van der Waals surface area contributed by atoms with Gasteiger partial charge in [0.05, 0.1) is 0 Å². The maximum absolute atomic E-state index is 5.78. The largest absolute Gasteiger partial charge is 0.399 e. The van der Waals surface area contributed by atoms with Crippen LogP contribution in [0, 0.1) is 0 Å². The fraction of sp³-hybridized carbons (Fsp3) is 0.385. The number of piperazine rings is 1. The molecule has 1 aliphatic rings. The standard InChI is InChI=1S/C13H18N4/c14-11-1-2-12-10(8-16-13(12)7-11)9-17-5-3-15-4-6-17/h1-2,7-8,15-16H,3-6,9,14H2. The third-order valence-corrected chi connectivity index (χ3v) is 3.40. The lowest BCUT2D eigenvalue weighted by atomic mass is 10.1. The van der Waals surface area contributed by atoms with E-state index >= 15 is 0 Å². The zero-order valence-electron chi connectivity index (χ0n) is 9.87. The van der Waals surface area contributed by atoms with Crippen molar-refractivity contribution in [2.45, 2.75) is 6.54 Å². The van der Waals surface area contributed by atoms with E-state index in [0.29, 0.717) is 0 Å². The van der Waals surface area contributed by atoms with E-state index in [2.05, 4.69) is 27.5 Å². The summed E-state index contributed by atoms with van der Waals surface area (Å²) in [5.74, 6) is 0. The van der Waals surface area contributed by atoms with Crippen molar-refractivity contribution in [3.63, 3.8) is 0 Å². The van der Waals surface area contributed by atoms with Crippen LogP contribution >= 0.6 is 0 Å². The summed E-state index contributed by atoms with van der Waals surface area (Å²) >= 11 is 0. The molecule has 1 aromatic carbocycles. The molecule has 1 aromatic heterocycles. The predicted octanol–water partition coefficient (Wildman–Crippen LogP) is 1.16. The highest BCUT2D eigenvalue weighted by atomic mass is 15.2. The Kier molecular flexibility index (Phi) is 2.74. The molecule has 1 fully saturated rings. The molecule has 17 heavy (non-hydrogen) atoms. The Morgan fingerprint density at radius 2 is 2.06 bits per heavy atom. The Hall–Kier alpha value is -1.52. The first kappa shape index (κ1) is 10.6. The van der Waals surface area contributed by atoms with Crippen molar-refractivity contribution in [1.82, 2.24) is 15.2 Å². The number of nitrogens with two attached hydrogens (primary N) is 1. The van der Waals surface area contributed by atoms with Gasteiger partial charge in [-0.05, 0) is 17.7 Å². The Morgan fingerprint density at radius 1 is 1.24 bits per heavy atom. The molecule has 4 heteroatoms. The van der Waals surface area contributed by atoms with Gasteiger partial charge in [-0.15, -0.1) is 0 Å². The van der Waals surface area contributed by atoms with Gasteiger partial charge in [0.1, 0.15) is 0 Å². The summed E-state index contributed by atoms with van der Waals surface area (Å²) < 4.78 is 0. The number of aromatic amines is 1. The molecular weight excluding hydrogens is 212 g/mol. The average Bonchev–Trinajstić information content (AvgIpc) is 2.73. The molecule has 1 aliphatic heterocycles. The van der Waals surface area contributed by atoms with Gasteiger partial charge in [0.15, 0.2) is 0 Å². The first-order valence-corrected chi connectivity index (χ1v) is 6.11. The Bertz CT molecular complexity index is 511. The number of rotatable bonds is 2. The van der Waals surface area contributed by atoms with Gasteiger partial charge in [-0.3, -0.25) is 4.90 Å². The van der Waals surface area contributed by atoms with E-state index in [-0.39, 0.29) is 0 Å². The number of H-pyrrole nitrogens is 1. The van der Waals surface area contributed by atoms with Gasteiger partial charge in [0.2, 0.25) is 0 Å². The zero-order chi connectivity index (χ0) is 11.7. The van der Waals surface area contributed by atoms with Crippen molar-refractivity contribution < 1.29 is 0 Å². The molecule has 0 atom stereocenters. The minimum atomic E-state index is 0.813. The number of nitrogens with zero attached hydrogens (tertiary/aromatic N) is 1. The van der Waals surface area contributed by atoms with E-state index in [1.54, 1.807) is 0 Å². The third-order valence-electron chi connectivity index (χ3n) is 3.40. The van der Waals surface area contributed by atoms with Crippen LogP contribution in [0.4, 0.5) is 5.69 Å². The van der Waals surface area contributed by atoms with E-state index in [4.69, 9.17) is 5.73 Å². The predicted molar refractivity (Wildman–Crippen MR) is 70.9 cm³/mol. The minimum absolute atomic E-state index is 0.813. The summed E-state index contributed by atoms with van der Waals surface area (Å²) in [5, 5.41) is 4.66. The third kappa shape index (κ3) is 2.14. The minimum Gasteiger partial charge on any atom is -0.399 e. The van der Waals surface area contributed by atoms with Gasteiger partial charge < -0.3 is 16.0 Å². The molecule has 3 rings (SSSR count). The quantitative estimate of drug-likeness (QED) is 0.678. The van der Waals surface area contributed by atoms with Crippen LogP contribution < -0.4 is 11.1 Å². The van der Waals surface area contributed by atoms with Crippen LogP contribution in [0.3, 0.4) is 0 Å². The summed E-state index contributed by atoms with van der Waals surface area (Å²) in [6.07, 6.45) is 2.10. The molecule has 4 N–H and O–H groups in total. The maximum atomic E-state index is 5.78. The Balaban J connectivity index is 1.84. The number of hydrogen-bond donors (Lipinski definition) is 3. The zero-order valence-corrected chi connectivity index (χ0v) is 9.87. The van der Waals surface area contributed by atoms with E-state index in [1.807, 2.05) is 12.1 Å². The second-order valence-corrected chi connectivity index (χ2v) is 4.65. The lowest BCUT2D eigenvalue weighted by molar-refractivity contribution is 0.234. The molecule has 2 aromatic rings. The molecule has 0 aliphatic carbocycles. The highest BCUT2D eigenvalue weighted by Gasteiger charge is 2.12. The SMILES string of the molecule is Nc1ccc2c(CN3CCNCC3)c[nH]c2c1. The van der Waals surface area contributed by atoms with Crippen LogP contribution in [0.15, 0.2) is 24.4 Å². The van der Waals surface area contributed by atoms with Gasteiger partial charge >= 0.3 is 0 Å². The normalized spacial score (nSPS) is 17.6. The van der Waals surface area contributed by atoms with Crippen molar-refractivity contribution >= 4 is 16.6 Å². The Labute approximate surface area is 101 Å². The number of hydrogen-bond acceptors (Lipinski definition) is 3. The van der Waals surface area contributed by atoms with Crippen LogP contribution in [0.5, 0.6) is 0 Å². The van der Waals surface area contributed by atoms with Gasteiger partial charge in [-0.1, -0.05) is 6.07 Å². The lowest BCUT2D eigenvalue weighted by Crippen LogP contribution is -2.42. The van der Waals surface area contributed by atoms with Crippen molar-refractivity contribution in [3.8, 4) is 0 Å². The van der Waals surface area contributed by atoms with Crippen molar-refractivity contribution in [2.24, 2.45) is 0 Å². The van der Waals surface area contributed by atoms with Crippen molar-refractivity contribution in [2.75, 3.05) is 31.9 Å². The van der Waals surface area contributed by atoms with Crippen molar-refractivity contribution in [1.29, 1.82) is 0 Å². The lowest BCUT2D eigenvalue weighted by Gasteiger charge is -2.26. The average molecular weight is 230 g/mol. The van der Waals surface area contributed by atoms with E-state index in [0.717, 1.165) is 43.9 Å². The van der Waals surface area contributed by atoms with E-state index in [9.17, 15) is 0 Å². The van der Waals surface area contributed by atoms with Crippen molar-refractivity contribution in [3.05, 3.63) is 30.0 Å². The molecular formula is C13H18N4. The van der Waals surface area contributed by atoms with Crippen LogP contribution in [-0.2, 0) is 6.54 Å². The second kappa shape index (κ2) is 4.39. The number of benzene rings is 1. The summed E-state index contributed by atoms with van der Waals surface area (Å²) in [6, 6.07) is 6.08. The molecule has 1 saturated heterocycles. The fourth-order valence-corrected chi connectivity index (χ4v) is 2.44. The second-order valence-electron chi connectivity index (χ2n) is 4.65. The molecule has 90 valence electrons. The number of aromatic nitrogens is 1. The first-order chi connectivity index (χ1) is 8.33. The molecule has 0 saturated carbocycles. The van der Waals surface area contributed by atoms with Crippen LogP contribution in [0.25, 0.3) is 10.9 Å². The monoisotopic (exact) mass is 230 g/mol. The highest BCUT2D eigenvalue weighted by Crippen LogP contribution is 2.21. The van der Waals surface area contributed by atoms with Gasteiger partial charge in [0.25, 0.3) is 0 Å². The number of nitrogens with one attached hydrogen (secondary N) is 2. The van der Waals surface area contributed by atoms with Crippen LogP contribution in [0.2, 0.25) is 0 Å². The van der Waals surface area contributed by atoms with Gasteiger partial charge in [-0.2, -0.15) is 0 Å². The Morgan fingerprint density at radius 3 is 2.88 bits per heavy atom. The molecule has 0 amide bonds. The molecule has 2 heterocycles. The first-order valence-electron chi connectivity index (χ1n) is 6.11. The van der Waals surface area contributed by atoms with E-state index < -0.39 is 0 Å². The van der Waals surface area contributed by atoms with Crippen LogP contribution in [0.1, 0.15) is 5.56 Å². The van der Waals surface area contributed by atoms with Gasteiger partial charge in [0, 0.05) is 55.5 Å². The summed E-state index contributed by atoms with van der Waals surface area (Å²) in [5.41, 5.74) is 9.09. The van der Waals surface area contributed by atoms with Gasteiger partial charge in [-0.25, -0.2) is 0 Å². The fourth-order valence-electron chi connectivity index (χ4n) is 2.44. The number of nitrogen functional groups attached to an aromatic ring is 1. The smallest absolute Gasteiger partial charge is 0.0477 e. The maximum Gasteiger partial charge on any atom is 0.0477 e. The molecule has 0 radical (unpaired) electrons. The topological polar surface area (TPSA) is 57.1 Å².